The number of hydrogen-bond acceptors (Lipinski definition) is 3. The van der Waals surface area contributed by atoms with E-state index in [2.05, 4.69) is 40.7 Å². The molecule has 1 aromatic heterocycles. The zero-order valence-corrected chi connectivity index (χ0v) is 14.1. The first kappa shape index (κ1) is 14.5. The second kappa shape index (κ2) is 4.51. The van der Waals surface area contributed by atoms with Crippen LogP contribution in [0.5, 0.6) is 5.75 Å². The van der Waals surface area contributed by atoms with Gasteiger partial charge < -0.3 is 9.84 Å². The number of rotatable bonds is 1. The molecule has 21 heavy (non-hydrogen) atoms. The van der Waals surface area contributed by atoms with Crippen LogP contribution in [0, 0.1) is 10.8 Å². The van der Waals surface area contributed by atoms with Gasteiger partial charge in [-0.25, -0.2) is 0 Å². The maximum absolute atomic E-state index is 9.63. The van der Waals surface area contributed by atoms with E-state index < -0.39 is 0 Å². The Labute approximate surface area is 130 Å². The van der Waals surface area contributed by atoms with E-state index in [0.717, 1.165) is 22.6 Å². The lowest BCUT2D eigenvalue weighted by atomic mass is 9.72. The van der Waals surface area contributed by atoms with Crippen molar-refractivity contribution in [3.63, 3.8) is 0 Å². The maximum atomic E-state index is 9.63. The van der Waals surface area contributed by atoms with Crippen molar-refractivity contribution in [3.05, 3.63) is 34.7 Å². The smallest absolute Gasteiger partial charge is 0.136 e. The van der Waals surface area contributed by atoms with Crippen LogP contribution in [0.3, 0.4) is 0 Å². The predicted molar refractivity (Wildman–Crippen MR) is 89.6 cm³/mol. The minimum atomic E-state index is 0.0614. The Hall–Kier alpha value is -1.48. The molecular weight excluding hydrogens is 280 g/mol. The normalized spacial score (nSPS) is 18.3. The van der Waals surface area contributed by atoms with E-state index >= 15 is 0 Å². The zero-order chi connectivity index (χ0) is 15.4. The highest BCUT2D eigenvalue weighted by molar-refractivity contribution is 7.20. The van der Waals surface area contributed by atoms with Crippen LogP contribution in [0.4, 0.5) is 0 Å². The molecule has 0 spiro atoms. The minimum Gasteiger partial charge on any atom is -0.508 e. The molecule has 2 heterocycles. The fourth-order valence-electron chi connectivity index (χ4n) is 3.40. The summed E-state index contributed by atoms with van der Waals surface area (Å²) in [5.41, 5.74) is 1.52. The van der Waals surface area contributed by atoms with E-state index in [1.54, 1.807) is 17.4 Å². The lowest BCUT2D eigenvalue weighted by Gasteiger charge is -2.30. The average Bonchev–Trinajstić information content (AvgIpc) is 2.87. The van der Waals surface area contributed by atoms with Crippen molar-refractivity contribution in [2.45, 2.75) is 34.6 Å². The number of aromatic hydroxyl groups is 1. The molecule has 3 rings (SSSR count). The summed E-state index contributed by atoms with van der Waals surface area (Å²) in [6.45, 7) is 12.0. The Morgan fingerprint density at radius 2 is 1.90 bits per heavy atom. The fraction of sp³-hybridized carbons (Fsp3) is 0.444. The summed E-state index contributed by atoms with van der Waals surface area (Å²) in [6.07, 6.45) is 0. The van der Waals surface area contributed by atoms with Gasteiger partial charge in [-0.05, 0) is 40.6 Å². The molecule has 1 aliphatic rings. The largest absolute Gasteiger partial charge is 0.508 e. The van der Waals surface area contributed by atoms with Crippen LogP contribution in [-0.4, -0.2) is 11.7 Å². The first-order valence-corrected chi connectivity index (χ1v) is 8.11. The van der Waals surface area contributed by atoms with Crippen LogP contribution in [0.15, 0.2) is 29.8 Å². The fourth-order valence-corrected chi connectivity index (χ4v) is 4.45. The Bertz CT molecular complexity index is 729. The third kappa shape index (κ3) is 2.44. The summed E-state index contributed by atoms with van der Waals surface area (Å²) < 4.78 is 7.26. The molecule has 0 radical (unpaired) electrons. The lowest BCUT2D eigenvalue weighted by Crippen LogP contribution is -2.24. The second-order valence-corrected chi connectivity index (χ2v) is 8.54. The molecule has 1 aliphatic heterocycles. The highest BCUT2D eigenvalue weighted by Crippen LogP contribution is 2.51. The number of phenols is 1. The van der Waals surface area contributed by atoms with E-state index in [1.807, 2.05) is 12.1 Å². The van der Waals surface area contributed by atoms with Crippen LogP contribution in [0.25, 0.3) is 15.8 Å². The van der Waals surface area contributed by atoms with Gasteiger partial charge in [0.05, 0.1) is 11.5 Å². The number of ether oxygens (including phenoxy) is 1. The van der Waals surface area contributed by atoms with Gasteiger partial charge in [-0.15, -0.1) is 11.3 Å². The summed E-state index contributed by atoms with van der Waals surface area (Å²) in [5.74, 6) is 1.35. The Balaban J connectivity index is 2.20. The van der Waals surface area contributed by atoms with Crippen LogP contribution in [-0.2, 0) is 4.74 Å². The van der Waals surface area contributed by atoms with Crippen molar-refractivity contribution in [1.29, 1.82) is 0 Å². The number of hydrogen-bond donors (Lipinski definition) is 1. The molecule has 2 nitrogen and oxygen atoms in total. The van der Waals surface area contributed by atoms with Gasteiger partial charge in [0.1, 0.15) is 11.5 Å². The van der Waals surface area contributed by atoms with Gasteiger partial charge in [-0.2, -0.15) is 0 Å². The lowest BCUT2D eigenvalue weighted by molar-refractivity contribution is 0.214. The molecule has 0 saturated heterocycles. The Kier molecular flexibility index (Phi) is 3.10. The first-order valence-electron chi connectivity index (χ1n) is 7.29. The average molecular weight is 302 g/mol. The van der Waals surface area contributed by atoms with Crippen molar-refractivity contribution in [3.8, 4) is 5.75 Å². The summed E-state index contributed by atoms with van der Waals surface area (Å²) in [4.78, 5) is 1.16. The van der Waals surface area contributed by atoms with E-state index in [9.17, 15) is 5.11 Å². The molecule has 112 valence electrons. The SMILES string of the molecule is CC(C)(C)C1=C(c2cc3cc(O)ccc3s2)OCC1(C)C. The van der Waals surface area contributed by atoms with Gasteiger partial charge in [0.25, 0.3) is 0 Å². The number of benzene rings is 1. The topological polar surface area (TPSA) is 29.5 Å². The minimum absolute atomic E-state index is 0.0614. The Morgan fingerprint density at radius 1 is 1.19 bits per heavy atom. The number of thiophene rings is 1. The van der Waals surface area contributed by atoms with Crippen LogP contribution >= 0.6 is 11.3 Å². The van der Waals surface area contributed by atoms with E-state index in [0.29, 0.717) is 5.75 Å². The Morgan fingerprint density at radius 3 is 2.57 bits per heavy atom. The van der Waals surface area contributed by atoms with Crippen molar-refractivity contribution < 1.29 is 9.84 Å². The van der Waals surface area contributed by atoms with E-state index in [4.69, 9.17) is 4.74 Å². The number of fused-ring (bicyclic) bond motifs is 1. The molecule has 0 aliphatic carbocycles. The highest BCUT2D eigenvalue weighted by atomic mass is 32.1. The quantitative estimate of drug-likeness (QED) is 0.762. The molecule has 0 saturated carbocycles. The molecule has 3 heteroatoms. The molecule has 0 fully saturated rings. The third-order valence-corrected chi connectivity index (χ3v) is 5.07. The first-order chi connectivity index (χ1) is 9.68. The van der Waals surface area contributed by atoms with Crippen LogP contribution in [0.1, 0.15) is 39.5 Å². The second-order valence-electron chi connectivity index (χ2n) is 7.46. The molecule has 1 aromatic carbocycles. The molecular formula is C18H22O2S. The third-order valence-electron chi connectivity index (χ3n) is 3.95. The standard InChI is InChI=1S/C18H22O2S/c1-17(2,3)16-15(20-10-18(16,4)5)14-9-11-8-12(19)6-7-13(11)21-14/h6-9,19H,10H2,1-5H3. The van der Waals surface area contributed by atoms with Gasteiger partial charge in [0.15, 0.2) is 0 Å². The summed E-state index contributed by atoms with van der Waals surface area (Å²) in [5, 5.41) is 10.7. The van der Waals surface area contributed by atoms with Crippen LogP contribution in [0.2, 0.25) is 0 Å². The highest BCUT2D eigenvalue weighted by Gasteiger charge is 2.41. The van der Waals surface area contributed by atoms with Gasteiger partial charge in [0.2, 0.25) is 0 Å². The maximum Gasteiger partial charge on any atom is 0.136 e. The molecule has 0 bridgehead atoms. The van der Waals surface area contributed by atoms with Gasteiger partial charge in [-0.3, -0.25) is 0 Å². The summed E-state index contributed by atoms with van der Waals surface area (Å²) in [6, 6.07) is 7.65. The van der Waals surface area contributed by atoms with Crippen molar-refractivity contribution in [2.75, 3.05) is 6.61 Å². The molecule has 0 unspecified atom stereocenters. The van der Waals surface area contributed by atoms with Crippen molar-refractivity contribution in [2.24, 2.45) is 10.8 Å². The van der Waals surface area contributed by atoms with E-state index in [1.165, 1.54) is 10.3 Å². The van der Waals surface area contributed by atoms with Crippen molar-refractivity contribution in [1.82, 2.24) is 0 Å². The molecule has 1 N–H and O–H groups in total. The van der Waals surface area contributed by atoms with E-state index in [-0.39, 0.29) is 10.8 Å². The van der Waals surface area contributed by atoms with Gasteiger partial charge >= 0.3 is 0 Å². The summed E-state index contributed by atoms with van der Waals surface area (Å²) >= 11 is 1.73. The predicted octanol–water partition coefficient (Wildman–Crippen LogP) is 5.42. The monoisotopic (exact) mass is 302 g/mol. The van der Waals surface area contributed by atoms with Gasteiger partial charge in [-0.1, -0.05) is 34.6 Å². The molecule has 0 amide bonds. The molecule has 2 aromatic rings. The molecule has 0 atom stereocenters. The zero-order valence-electron chi connectivity index (χ0n) is 13.3. The van der Waals surface area contributed by atoms with Crippen molar-refractivity contribution >= 4 is 27.2 Å². The summed E-state index contributed by atoms with van der Waals surface area (Å²) in [7, 11) is 0. The number of phenolic OH excluding ortho intramolecular Hbond substituents is 1. The van der Waals surface area contributed by atoms with Crippen LogP contribution < -0.4 is 0 Å². The van der Waals surface area contributed by atoms with Gasteiger partial charge in [0, 0.05) is 10.1 Å².